The fourth-order valence-electron chi connectivity index (χ4n) is 1.93. The largest absolute Gasteiger partial charge is 0.392 e. The van der Waals surface area contributed by atoms with Gasteiger partial charge >= 0.3 is 0 Å². The minimum atomic E-state index is 0.167. The first kappa shape index (κ1) is 22.7. The molecule has 0 radical (unpaired) electrons. The Labute approximate surface area is 134 Å². The van der Waals surface area contributed by atoms with Crippen molar-refractivity contribution in [1.82, 2.24) is 0 Å². The maximum Gasteiger partial charge on any atom is 0.0614 e. The fraction of sp³-hybridized carbons (Fsp3) is 0.800. The van der Waals surface area contributed by atoms with Crippen LogP contribution in [0.3, 0.4) is 0 Å². The van der Waals surface area contributed by atoms with Crippen LogP contribution in [0.5, 0.6) is 0 Å². The minimum absolute atomic E-state index is 0.167. The van der Waals surface area contributed by atoms with Crippen molar-refractivity contribution < 1.29 is 5.11 Å². The molecule has 0 aromatic heterocycles. The third kappa shape index (κ3) is 21.9. The van der Waals surface area contributed by atoms with Crippen molar-refractivity contribution in [2.24, 2.45) is 11.8 Å². The normalized spacial score (nSPS) is 12.7. The lowest BCUT2D eigenvalue weighted by Crippen LogP contribution is -1.94. The van der Waals surface area contributed by atoms with Gasteiger partial charge in [0.25, 0.3) is 0 Å². The highest BCUT2D eigenvalue weighted by Gasteiger charge is 1.99. The topological polar surface area (TPSA) is 20.2 Å². The van der Waals surface area contributed by atoms with E-state index in [0.29, 0.717) is 0 Å². The number of hydrogen-bond donors (Lipinski definition) is 1. The zero-order valence-electron chi connectivity index (χ0n) is 15.7. The Morgan fingerprint density at radius 1 is 1.00 bits per heavy atom. The third-order valence-corrected chi connectivity index (χ3v) is 3.71. The summed E-state index contributed by atoms with van der Waals surface area (Å²) < 4.78 is 0. The SMILES string of the molecule is CC(C)=CCC/C(C)=C/CO.CCC(C)CCCC(C)C. The summed E-state index contributed by atoms with van der Waals surface area (Å²) in [6.45, 7) is 15.7. The van der Waals surface area contributed by atoms with Crippen LogP contribution >= 0.6 is 0 Å². The lowest BCUT2D eigenvalue weighted by Gasteiger charge is -2.08. The van der Waals surface area contributed by atoms with E-state index < -0.39 is 0 Å². The van der Waals surface area contributed by atoms with Crippen LogP contribution in [0, 0.1) is 11.8 Å². The van der Waals surface area contributed by atoms with Crippen molar-refractivity contribution in [3.05, 3.63) is 23.3 Å². The van der Waals surface area contributed by atoms with E-state index in [9.17, 15) is 0 Å². The van der Waals surface area contributed by atoms with Gasteiger partial charge in [-0.25, -0.2) is 0 Å². The van der Waals surface area contributed by atoms with Crippen molar-refractivity contribution in [2.45, 2.75) is 87.0 Å². The average molecular weight is 297 g/mol. The average Bonchev–Trinajstić information content (AvgIpc) is 2.38. The zero-order valence-corrected chi connectivity index (χ0v) is 15.7. The maximum atomic E-state index is 8.55. The zero-order chi connectivity index (χ0) is 16.7. The highest BCUT2D eigenvalue weighted by molar-refractivity contribution is 5.01. The van der Waals surface area contributed by atoms with Crippen molar-refractivity contribution in [3.63, 3.8) is 0 Å². The molecule has 0 aliphatic heterocycles. The van der Waals surface area contributed by atoms with Crippen LogP contribution in [-0.4, -0.2) is 11.7 Å². The van der Waals surface area contributed by atoms with E-state index in [1.807, 2.05) is 6.08 Å². The lowest BCUT2D eigenvalue weighted by molar-refractivity contribution is 0.341. The van der Waals surface area contributed by atoms with E-state index in [1.165, 1.54) is 36.8 Å². The molecule has 0 saturated carbocycles. The molecule has 0 rings (SSSR count). The Balaban J connectivity index is 0. The van der Waals surface area contributed by atoms with Crippen LogP contribution in [-0.2, 0) is 0 Å². The molecule has 0 fully saturated rings. The highest BCUT2D eigenvalue weighted by atomic mass is 16.2. The number of hydrogen-bond acceptors (Lipinski definition) is 1. The first-order valence-corrected chi connectivity index (χ1v) is 8.73. The Morgan fingerprint density at radius 3 is 2.05 bits per heavy atom. The van der Waals surface area contributed by atoms with Gasteiger partial charge in [0, 0.05) is 0 Å². The van der Waals surface area contributed by atoms with Crippen molar-refractivity contribution in [1.29, 1.82) is 0 Å². The maximum absolute atomic E-state index is 8.55. The molecule has 0 spiro atoms. The van der Waals surface area contributed by atoms with Crippen LogP contribution in [0.25, 0.3) is 0 Å². The van der Waals surface area contributed by atoms with Gasteiger partial charge in [-0.3, -0.25) is 0 Å². The summed E-state index contributed by atoms with van der Waals surface area (Å²) in [6, 6.07) is 0. The van der Waals surface area contributed by atoms with Crippen molar-refractivity contribution >= 4 is 0 Å². The smallest absolute Gasteiger partial charge is 0.0614 e. The Kier molecular flexibility index (Phi) is 17.1. The molecule has 21 heavy (non-hydrogen) atoms. The van der Waals surface area contributed by atoms with Crippen LogP contribution < -0.4 is 0 Å². The number of aliphatic hydroxyl groups is 1. The summed E-state index contributed by atoms with van der Waals surface area (Å²) in [7, 11) is 0. The molecule has 0 aliphatic rings. The summed E-state index contributed by atoms with van der Waals surface area (Å²) in [5, 5.41) is 8.55. The molecule has 1 nitrogen and oxygen atoms in total. The monoisotopic (exact) mass is 296 g/mol. The Hall–Kier alpha value is -0.560. The number of aliphatic hydroxyl groups excluding tert-OH is 1. The number of allylic oxidation sites excluding steroid dienone is 3. The molecule has 0 aromatic carbocycles. The molecule has 0 heterocycles. The van der Waals surface area contributed by atoms with Gasteiger partial charge in [-0.05, 0) is 45.4 Å². The molecule has 1 heteroatoms. The number of rotatable bonds is 9. The Bertz CT molecular complexity index is 270. The molecule has 0 aliphatic carbocycles. The van der Waals surface area contributed by atoms with Crippen molar-refractivity contribution in [3.8, 4) is 0 Å². The Morgan fingerprint density at radius 2 is 1.62 bits per heavy atom. The van der Waals surface area contributed by atoms with Gasteiger partial charge in [-0.1, -0.05) is 76.7 Å². The fourth-order valence-corrected chi connectivity index (χ4v) is 1.93. The quantitative estimate of drug-likeness (QED) is 0.479. The minimum Gasteiger partial charge on any atom is -0.392 e. The van der Waals surface area contributed by atoms with Gasteiger partial charge in [0.05, 0.1) is 6.61 Å². The molecule has 0 aromatic rings. The molecule has 1 unspecified atom stereocenters. The second kappa shape index (κ2) is 15.8. The molecule has 0 saturated heterocycles. The van der Waals surface area contributed by atoms with Gasteiger partial charge in [-0.15, -0.1) is 0 Å². The van der Waals surface area contributed by atoms with Gasteiger partial charge in [0.1, 0.15) is 0 Å². The molecule has 1 atom stereocenters. The van der Waals surface area contributed by atoms with E-state index in [-0.39, 0.29) is 6.61 Å². The van der Waals surface area contributed by atoms with Gasteiger partial charge < -0.3 is 5.11 Å². The van der Waals surface area contributed by atoms with Crippen molar-refractivity contribution in [2.75, 3.05) is 6.61 Å². The molecule has 1 N–H and O–H groups in total. The summed E-state index contributed by atoms with van der Waals surface area (Å²) in [5.41, 5.74) is 2.63. The molecular formula is C20H40O. The first-order chi connectivity index (χ1) is 9.83. The molecular weight excluding hydrogens is 256 g/mol. The lowest BCUT2D eigenvalue weighted by atomic mass is 9.98. The van der Waals surface area contributed by atoms with E-state index in [1.54, 1.807) is 0 Å². The molecule has 126 valence electrons. The van der Waals surface area contributed by atoms with E-state index in [0.717, 1.165) is 24.7 Å². The van der Waals surface area contributed by atoms with Crippen LogP contribution in [0.15, 0.2) is 23.3 Å². The van der Waals surface area contributed by atoms with Crippen LogP contribution in [0.4, 0.5) is 0 Å². The summed E-state index contributed by atoms with van der Waals surface area (Å²) in [5.74, 6) is 1.84. The van der Waals surface area contributed by atoms with Gasteiger partial charge in [0.2, 0.25) is 0 Å². The predicted molar refractivity (Wildman–Crippen MR) is 97.7 cm³/mol. The summed E-state index contributed by atoms with van der Waals surface area (Å²) >= 11 is 0. The standard InChI is InChI=1S/C10H18O.C10H22/c1-9(2)5-4-6-10(3)7-8-11;1-5-10(4)8-6-7-9(2)3/h5,7,11H,4,6,8H2,1-3H3;9-10H,5-8H2,1-4H3/b10-7+;. The highest BCUT2D eigenvalue weighted by Crippen LogP contribution is 2.14. The molecule has 0 bridgehead atoms. The van der Waals surface area contributed by atoms with Crippen LogP contribution in [0.2, 0.25) is 0 Å². The first-order valence-electron chi connectivity index (χ1n) is 8.73. The van der Waals surface area contributed by atoms with E-state index in [4.69, 9.17) is 5.11 Å². The molecule has 0 amide bonds. The van der Waals surface area contributed by atoms with Gasteiger partial charge in [-0.2, -0.15) is 0 Å². The predicted octanol–water partition coefficient (Wildman–Crippen LogP) is 6.53. The van der Waals surface area contributed by atoms with E-state index in [2.05, 4.69) is 54.5 Å². The van der Waals surface area contributed by atoms with Gasteiger partial charge in [0.15, 0.2) is 0 Å². The summed E-state index contributed by atoms with van der Waals surface area (Å²) in [4.78, 5) is 0. The third-order valence-electron chi connectivity index (χ3n) is 3.71. The second-order valence-electron chi connectivity index (χ2n) is 6.89. The van der Waals surface area contributed by atoms with E-state index >= 15 is 0 Å². The summed E-state index contributed by atoms with van der Waals surface area (Å²) in [6.07, 6.45) is 11.8. The second-order valence-corrected chi connectivity index (χ2v) is 6.89. The van der Waals surface area contributed by atoms with Crippen LogP contribution in [0.1, 0.15) is 87.0 Å².